The van der Waals surface area contributed by atoms with E-state index in [0.29, 0.717) is 54.2 Å². The lowest BCUT2D eigenvalue weighted by Crippen LogP contribution is -2.64. The first-order chi connectivity index (χ1) is 23.7. The average Bonchev–Trinajstić information content (AvgIpc) is 3.06. The van der Waals surface area contributed by atoms with Crippen LogP contribution in [0.15, 0.2) is 47.9 Å². The van der Waals surface area contributed by atoms with Gasteiger partial charge in [-0.15, -0.1) is 0 Å². The topological polar surface area (TPSA) is 98.0 Å². The summed E-state index contributed by atoms with van der Waals surface area (Å²) >= 11 is 20.2. The van der Waals surface area contributed by atoms with E-state index in [-0.39, 0.29) is 56.0 Å². The number of phenolic OH excluding ortho intramolecular Hbond substituents is 1. The molecule has 0 bridgehead atoms. The van der Waals surface area contributed by atoms with Crippen molar-refractivity contribution in [2.24, 2.45) is 0 Å². The molecule has 0 radical (unpaired) electrons. The molecular formula is C37H42Cl3N7O3. The second-order valence-corrected chi connectivity index (χ2v) is 15.0. The molecule has 10 nitrogen and oxygen atoms in total. The van der Waals surface area contributed by atoms with Crippen LogP contribution in [-0.4, -0.2) is 94.3 Å². The second-order valence-electron chi connectivity index (χ2n) is 13.8. The van der Waals surface area contributed by atoms with E-state index in [9.17, 15) is 9.90 Å². The molecule has 13 heteroatoms. The van der Waals surface area contributed by atoms with E-state index in [1.807, 2.05) is 58.8 Å². The number of aromatic hydroxyl groups is 1. The Morgan fingerprint density at radius 3 is 2.52 bits per heavy atom. The number of hydrogen-bond donors (Lipinski definition) is 1. The number of carbonyl (C=O) groups is 1. The molecule has 1 fully saturated rings. The van der Waals surface area contributed by atoms with E-state index in [1.165, 1.54) is 18.2 Å². The van der Waals surface area contributed by atoms with Gasteiger partial charge in [0.1, 0.15) is 17.1 Å². The molecule has 0 saturated carbocycles. The monoisotopic (exact) mass is 737 g/mol. The van der Waals surface area contributed by atoms with Gasteiger partial charge < -0.3 is 24.7 Å². The number of aromatic nitrogens is 3. The molecule has 264 valence electrons. The normalized spacial score (nSPS) is 17.5. The highest BCUT2D eigenvalue weighted by Crippen LogP contribution is 2.45. The number of rotatable bonds is 8. The smallest absolute Gasteiger partial charge is 0.282 e. The Kier molecular flexibility index (Phi) is 10.1. The fraction of sp³-hybridized carbons (Fsp3) is 0.405. The van der Waals surface area contributed by atoms with E-state index in [0.717, 1.165) is 29.9 Å². The summed E-state index contributed by atoms with van der Waals surface area (Å²) in [6.45, 7) is 14.8. The van der Waals surface area contributed by atoms with Crippen molar-refractivity contribution in [3.8, 4) is 22.7 Å². The molecule has 2 aliphatic rings. The largest absolute Gasteiger partial charge is 0.508 e. The zero-order chi connectivity index (χ0) is 36.2. The van der Waals surface area contributed by atoms with Gasteiger partial charge in [-0.2, -0.15) is 0 Å². The van der Waals surface area contributed by atoms with E-state index in [2.05, 4.69) is 21.3 Å². The van der Waals surface area contributed by atoms with Crippen molar-refractivity contribution in [3.05, 3.63) is 79.8 Å². The molecule has 1 saturated heterocycles. The summed E-state index contributed by atoms with van der Waals surface area (Å²) in [7, 11) is 4.06. The highest BCUT2D eigenvalue weighted by Gasteiger charge is 2.42. The lowest BCUT2D eigenvalue weighted by Gasteiger charge is -2.52. The number of hydrogen-bond acceptors (Lipinski definition) is 8. The molecule has 2 unspecified atom stereocenters. The third-order valence-corrected chi connectivity index (χ3v) is 10.7. The fourth-order valence-electron chi connectivity index (χ4n) is 7.28. The minimum atomic E-state index is -0.230. The van der Waals surface area contributed by atoms with Gasteiger partial charge in [0.25, 0.3) is 5.56 Å². The molecule has 1 amide bonds. The number of fused-ring (bicyclic) bond motifs is 5. The minimum absolute atomic E-state index is 0.00845. The number of nitrogens with zero attached hydrogens (tertiary/aromatic N) is 7. The van der Waals surface area contributed by atoms with Gasteiger partial charge in [0.05, 0.1) is 43.9 Å². The van der Waals surface area contributed by atoms with Crippen LogP contribution in [0.1, 0.15) is 44.4 Å². The predicted molar refractivity (Wildman–Crippen MR) is 204 cm³/mol. The number of piperazine rings is 1. The summed E-state index contributed by atoms with van der Waals surface area (Å²) in [6.07, 6.45) is 3.94. The number of amides is 1. The van der Waals surface area contributed by atoms with Gasteiger partial charge >= 0.3 is 0 Å². The Morgan fingerprint density at radius 1 is 1.10 bits per heavy atom. The molecule has 2 atom stereocenters. The summed E-state index contributed by atoms with van der Waals surface area (Å²) in [4.78, 5) is 46.6. The number of anilines is 2. The number of phenols is 1. The van der Waals surface area contributed by atoms with Crippen molar-refractivity contribution in [1.82, 2.24) is 24.3 Å². The van der Waals surface area contributed by atoms with Crippen molar-refractivity contribution >= 4 is 63.1 Å². The Hall–Kier alpha value is -3.83. The lowest BCUT2D eigenvalue weighted by molar-refractivity contribution is -0.128. The number of aryl methyl sites for hydroxylation is 1. The van der Waals surface area contributed by atoms with Crippen molar-refractivity contribution < 1.29 is 9.90 Å². The van der Waals surface area contributed by atoms with Crippen LogP contribution >= 0.6 is 34.8 Å². The van der Waals surface area contributed by atoms with Crippen molar-refractivity contribution in [2.75, 3.05) is 56.6 Å². The molecule has 6 rings (SSSR count). The maximum absolute atomic E-state index is 15.4. The molecule has 3 aromatic heterocycles. The SMILES string of the molecule is C=CC(=O)N1CC2CN(CCCN(C)C)c3c(c4cc(Cl)c(-c5cc(O)cc(Cl)c5Cl)nc4n(-c4c(C)ccnc4C(C)C)c3=O)N2CC1C. The highest BCUT2D eigenvalue weighted by atomic mass is 35.5. The maximum Gasteiger partial charge on any atom is 0.282 e. The molecule has 4 aromatic rings. The van der Waals surface area contributed by atoms with Crippen molar-refractivity contribution in [1.29, 1.82) is 0 Å². The first kappa shape index (κ1) is 36.0. The van der Waals surface area contributed by atoms with Crippen LogP contribution in [0, 0.1) is 6.92 Å². The summed E-state index contributed by atoms with van der Waals surface area (Å²) in [6, 6.07) is 6.28. The Labute approximate surface area is 307 Å². The maximum atomic E-state index is 15.4. The first-order valence-corrected chi connectivity index (χ1v) is 17.9. The third kappa shape index (κ3) is 6.32. The molecule has 0 aliphatic carbocycles. The molecule has 5 heterocycles. The van der Waals surface area contributed by atoms with Gasteiger partial charge in [-0.3, -0.25) is 19.1 Å². The van der Waals surface area contributed by atoms with E-state index in [1.54, 1.807) is 10.8 Å². The van der Waals surface area contributed by atoms with Crippen LogP contribution in [0.5, 0.6) is 5.75 Å². The Balaban J connectivity index is 1.73. The van der Waals surface area contributed by atoms with Crippen LogP contribution in [0.4, 0.5) is 11.4 Å². The summed E-state index contributed by atoms with van der Waals surface area (Å²) in [5, 5.41) is 11.8. The zero-order valence-corrected chi connectivity index (χ0v) is 31.4. The van der Waals surface area contributed by atoms with Gasteiger partial charge in [0, 0.05) is 55.4 Å². The average molecular weight is 739 g/mol. The minimum Gasteiger partial charge on any atom is -0.508 e. The quantitative estimate of drug-likeness (QED) is 0.195. The molecular weight excluding hydrogens is 697 g/mol. The number of benzene rings is 1. The van der Waals surface area contributed by atoms with Crippen LogP contribution < -0.4 is 15.4 Å². The summed E-state index contributed by atoms with van der Waals surface area (Å²) in [5.74, 6) is -0.227. The summed E-state index contributed by atoms with van der Waals surface area (Å²) in [5.41, 5.74) is 4.31. The molecule has 0 spiro atoms. The van der Waals surface area contributed by atoms with E-state index in [4.69, 9.17) is 44.8 Å². The second kappa shape index (κ2) is 14.1. The number of halogens is 3. The third-order valence-electron chi connectivity index (χ3n) is 9.61. The van der Waals surface area contributed by atoms with Crippen molar-refractivity contribution in [3.63, 3.8) is 0 Å². The van der Waals surface area contributed by atoms with Gasteiger partial charge in [0.15, 0.2) is 0 Å². The summed E-state index contributed by atoms with van der Waals surface area (Å²) < 4.78 is 1.67. The van der Waals surface area contributed by atoms with Crippen LogP contribution in [0.2, 0.25) is 15.1 Å². The van der Waals surface area contributed by atoms with Crippen LogP contribution in [0.3, 0.4) is 0 Å². The van der Waals surface area contributed by atoms with Crippen molar-refractivity contribution in [2.45, 2.75) is 52.1 Å². The van der Waals surface area contributed by atoms with Gasteiger partial charge in [0.2, 0.25) is 5.91 Å². The Morgan fingerprint density at radius 2 is 1.84 bits per heavy atom. The van der Waals surface area contributed by atoms with E-state index < -0.39 is 0 Å². The fourth-order valence-corrected chi connectivity index (χ4v) is 7.94. The zero-order valence-electron chi connectivity index (χ0n) is 29.2. The number of pyridine rings is 3. The first-order valence-electron chi connectivity index (χ1n) is 16.8. The van der Waals surface area contributed by atoms with Gasteiger partial charge in [-0.05, 0) is 76.7 Å². The van der Waals surface area contributed by atoms with Crippen LogP contribution in [0.25, 0.3) is 28.0 Å². The molecule has 1 aromatic carbocycles. The molecule has 2 aliphatic heterocycles. The predicted octanol–water partition coefficient (Wildman–Crippen LogP) is 6.91. The highest BCUT2D eigenvalue weighted by molar-refractivity contribution is 6.44. The Bertz CT molecular complexity index is 2070. The molecule has 1 N–H and O–H groups in total. The lowest BCUT2D eigenvalue weighted by atomic mass is 9.98. The number of carbonyl (C=O) groups excluding carboxylic acids is 1. The van der Waals surface area contributed by atoms with Gasteiger partial charge in [-0.25, -0.2) is 4.98 Å². The van der Waals surface area contributed by atoms with Crippen LogP contribution in [-0.2, 0) is 4.79 Å². The van der Waals surface area contributed by atoms with E-state index >= 15 is 4.79 Å². The standard InChI is InChI=1S/C37H42Cl3N7O3/c1-8-29(49)45-19-23-18-44(13-9-12-43(6)7)35-34(46(23)17-22(45)5)26-16-28(39)32(25-14-24(48)15-27(38)30(25)40)42-36(26)47(37(35)50)33-21(4)10-11-41-31(33)20(2)3/h8,10-11,14-16,20,22-23,48H,1,9,12-13,17-19H2,2-7H3. The van der Waals surface area contributed by atoms with Gasteiger partial charge in [-0.1, -0.05) is 55.2 Å². The molecule has 50 heavy (non-hydrogen) atoms.